The van der Waals surface area contributed by atoms with Gasteiger partial charge in [-0.2, -0.15) is 0 Å². The molecule has 0 spiro atoms. The van der Waals surface area contributed by atoms with Gasteiger partial charge in [0.2, 0.25) is 0 Å². The number of carbonyl (C=O) groups excluding carboxylic acids is 1. The second-order valence-corrected chi connectivity index (χ2v) is 4.01. The Morgan fingerprint density at radius 1 is 1.10 bits per heavy atom. The van der Waals surface area contributed by atoms with Gasteiger partial charge < -0.3 is 4.74 Å². The lowest BCUT2D eigenvalue weighted by Crippen LogP contribution is -2.07. The van der Waals surface area contributed by atoms with Crippen LogP contribution in [0.25, 0.3) is 11.1 Å². The van der Waals surface area contributed by atoms with E-state index in [2.05, 4.69) is 0 Å². The maximum Gasteiger partial charge on any atom is 0.338 e. The van der Waals surface area contributed by atoms with Gasteiger partial charge in [-0.1, -0.05) is 18.2 Å². The molecule has 0 saturated heterocycles. The van der Waals surface area contributed by atoms with Gasteiger partial charge in [-0.3, -0.25) is 0 Å². The van der Waals surface area contributed by atoms with Gasteiger partial charge in [0.1, 0.15) is 5.82 Å². The summed E-state index contributed by atoms with van der Waals surface area (Å²) in [6.07, 6.45) is 0. The summed E-state index contributed by atoms with van der Waals surface area (Å²) in [5, 5.41) is 0. The fourth-order valence-electron chi connectivity index (χ4n) is 1.84. The summed E-state index contributed by atoms with van der Waals surface area (Å²) >= 11 is 0. The first-order valence-corrected chi connectivity index (χ1v) is 5.95. The van der Waals surface area contributed by atoms with Crippen molar-refractivity contribution in [1.29, 1.82) is 0 Å². The number of hydrogen-bond acceptors (Lipinski definition) is 2. The third kappa shape index (κ3) is 2.66. The Morgan fingerprint density at radius 3 is 2.55 bits per heavy atom. The molecule has 0 saturated carbocycles. The minimum atomic E-state index is -1.09. The molecule has 0 aliphatic rings. The zero-order valence-electron chi connectivity index (χ0n) is 10.6. The van der Waals surface area contributed by atoms with Crippen LogP contribution in [-0.4, -0.2) is 12.6 Å². The van der Waals surface area contributed by atoms with Crippen molar-refractivity contribution in [1.82, 2.24) is 0 Å². The molecule has 0 aromatic heterocycles. The highest BCUT2D eigenvalue weighted by Crippen LogP contribution is 2.28. The summed E-state index contributed by atoms with van der Waals surface area (Å²) in [5.74, 6) is -3.58. The van der Waals surface area contributed by atoms with Crippen LogP contribution in [0.3, 0.4) is 0 Å². The Balaban J connectivity index is 2.62. The maximum absolute atomic E-state index is 13.8. The molecule has 104 valence electrons. The molecule has 0 unspecified atom stereocenters. The fraction of sp³-hybridized carbons (Fsp3) is 0.133. The molecule has 0 fully saturated rings. The van der Waals surface area contributed by atoms with Crippen LogP contribution in [0.2, 0.25) is 0 Å². The van der Waals surface area contributed by atoms with Crippen molar-refractivity contribution in [2.45, 2.75) is 6.92 Å². The molecule has 0 radical (unpaired) electrons. The van der Waals surface area contributed by atoms with Crippen LogP contribution in [0.4, 0.5) is 13.2 Å². The first kappa shape index (κ1) is 14.1. The molecule has 0 aliphatic carbocycles. The monoisotopic (exact) mass is 280 g/mol. The van der Waals surface area contributed by atoms with Gasteiger partial charge >= 0.3 is 5.97 Å². The number of esters is 1. The third-order valence-corrected chi connectivity index (χ3v) is 2.72. The van der Waals surface area contributed by atoms with Crippen LogP contribution < -0.4 is 0 Å². The number of hydrogen-bond donors (Lipinski definition) is 0. The van der Waals surface area contributed by atoms with E-state index in [9.17, 15) is 18.0 Å². The van der Waals surface area contributed by atoms with E-state index in [0.29, 0.717) is 0 Å². The minimum Gasteiger partial charge on any atom is -0.462 e. The van der Waals surface area contributed by atoms with Crippen molar-refractivity contribution in [3.63, 3.8) is 0 Å². The average molecular weight is 280 g/mol. The van der Waals surface area contributed by atoms with E-state index in [-0.39, 0.29) is 23.3 Å². The van der Waals surface area contributed by atoms with Crippen molar-refractivity contribution < 1.29 is 22.7 Å². The van der Waals surface area contributed by atoms with Gasteiger partial charge in [-0.15, -0.1) is 0 Å². The number of carbonyl (C=O) groups is 1. The van der Waals surface area contributed by atoms with Gasteiger partial charge in [0.05, 0.1) is 12.2 Å². The summed E-state index contributed by atoms with van der Waals surface area (Å²) in [6, 6.07) is 6.83. The van der Waals surface area contributed by atoms with Crippen molar-refractivity contribution >= 4 is 5.97 Å². The Morgan fingerprint density at radius 2 is 1.85 bits per heavy atom. The second-order valence-electron chi connectivity index (χ2n) is 4.01. The predicted molar refractivity (Wildman–Crippen MR) is 67.7 cm³/mol. The Kier molecular flexibility index (Phi) is 4.08. The van der Waals surface area contributed by atoms with E-state index >= 15 is 0 Å². The van der Waals surface area contributed by atoms with Crippen molar-refractivity contribution in [2.75, 3.05) is 6.61 Å². The van der Waals surface area contributed by atoms with Gasteiger partial charge in [0, 0.05) is 5.56 Å². The van der Waals surface area contributed by atoms with Gasteiger partial charge in [0.15, 0.2) is 11.6 Å². The van der Waals surface area contributed by atoms with E-state index < -0.39 is 23.4 Å². The SMILES string of the molecule is CCOC(=O)c1cc(F)ccc1-c1cccc(F)c1F. The fourth-order valence-corrected chi connectivity index (χ4v) is 1.84. The number of ether oxygens (including phenoxy) is 1. The quantitative estimate of drug-likeness (QED) is 0.796. The molecular formula is C15H11F3O2. The zero-order valence-corrected chi connectivity index (χ0v) is 10.6. The largest absolute Gasteiger partial charge is 0.462 e. The number of rotatable bonds is 3. The summed E-state index contributed by atoms with van der Waals surface area (Å²) < 4.78 is 45.1. The van der Waals surface area contributed by atoms with Crippen LogP contribution >= 0.6 is 0 Å². The lowest BCUT2D eigenvalue weighted by atomic mass is 9.99. The summed E-state index contributed by atoms with van der Waals surface area (Å²) in [7, 11) is 0. The van der Waals surface area contributed by atoms with E-state index in [1.54, 1.807) is 6.92 Å². The molecule has 2 aromatic carbocycles. The Hall–Kier alpha value is -2.30. The molecule has 2 nitrogen and oxygen atoms in total. The van der Waals surface area contributed by atoms with Crippen molar-refractivity contribution in [2.24, 2.45) is 0 Å². The average Bonchev–Trinajstić information content (AvgIpc) is 2.42. The van der Waals surface area contributed by atoms with Gasteiger partial charge in [0.25, 0.3) is 0 Å². The molecule has 0 aliphatic heterocycles. The van der Waals surface area contributed by atoms with E-state index in [1.807, 2.05) is 0 Å². The number of benzene rings is 2. The standard InChI is InChI=1S/C15H11F3O2/c1-2-20-15(19)12-8-9(16)6-7-10(12)11-4-3-5-13(17)14(11)18/h3-8H,2H2,1H3. The Bertz CT molecular complexity index is 654. The summed E-state index contributed by atoms with van der Waals surface area (Å²) in [6.45, 7) is 1.69. The molecule has 0 bridgehead atoms. The van der Waals surface area contributed by atoms with Crippen molar-refractivity contribution in [3.05, 3.63) is 59.4 Å². The third-order valence-electron chi connectivity index (χ3n) is 2.72. The molecule has 2 rings (SSSR count). The van der Waals surface area contributed by atoms with E-state index in [4.69, 9.17) is 4.74 Å². The summed E-state index contributed by atoms with van der Waals surface area (Å²) in [4.78, 5) is 11.8. The summed E-state index contributed by atoms with van der Waals surface area (Å²) in [5.41, 5.74) is -0.175. The smallest absolute Gasteiger partial charge is 0.338 e. The highest BCUT2D eigenvalue weighted by Gasteiger charge is 2.18. The minimum absolute atomic E-state index is 0.0850. The highest BCUT2D eigenvalue weighted by atomic mass is 19.2. The molecule has 2 aromatic rings. The molecule has 0 N–H and O–H groups in total. The van der Waals surface area contributed by atoms with Crippen molar-refractivity contribution in [3.8, 4) is 11.1 Å². The van der Waals surface area contributed by atoms with Crippen LogP contribution in [-0.2, 0) is 4.74 Å². The van der Waals surface area contributed by atoms with Crippen LogP contribution in [0.15, 0.2) is 36.4 Å². The highest BCUT2D eigenvalue weighted by molar-refractivity contribution is 5.97. The molecule has 20 heavy (non-hydrogen) atoms. The molecule has 0 amide bonds. The van der Waals surface area contributed by atoms with Gasteiger partial charge in [-0.05, 0) is 30.7 Å². The number of halogens is 3. The first-order chi connectivity index (χ1) is 9.54. The molecule has 0 heterocycles. The van der Waals surface area contributed by atoms with Gasteiger partial charge in [-0.25, -0.2) is 18.0 Å². The maximum atomic E-state index is 13.8. The topological polar surface area (TPSA) is 26.3 Å². The molecule has 5 heteroatoms. The van der Waals surface area contributed by atoms with E-state index in [0.717, 1.165) is 18.2 Å². The van der Waals surface area contributed by atoms with E-state index in [1.165, 1.54) is 18.2 Å². The Labute approximate surface area is 113 Å². The molecule has 0 atom stereocenters. The van der Waals surface area contributed by atoms with Crippen LogP contribution in [0, 0.1) is 17.5 Å². The normalized spacial score (nSPS) is 10.4. The van der Waals surface area contributed by atoms with Crippen LogP contribution in [0.1, 0.15) is 17.3 Å². The lowest BCUT2D eigenvalue weighted by Gasteiger charge is -2.10. The predicted octanol–water partition coefficient (Wildman–Crippen LogP) is 3.95. The first-order valence-electron chi connectivity index (χ1n) is 5.95. The molecular weight excluding hydrogens is 269 g/mol. The zero-order chi connectivity index (χ0) is 14.7. The lowest BCUT2D eigenvalue weighted by molar-refractivity contribution is 0.0526. The van der Waals surface area contributed by atoms with Crippen LogP contribution in [0.5, 0.6) is 0 Å². The second kappa shape index (κ2) is 5.77.